The highest BCUT2D eigenvalue weighted by molar-refractivity contribution is 7.81. The molecule has 0 atom stereocenters. The second-order valence-electron chi connectivity index (χ2n) is 8.02. The Labute approximate surface area is 199 Å². The molecule has 0 radical (unpaired) electrons. The number of hydrogen-bond donors (Lipinski definition) is 1. The summed E-state index contributed by atoms with van der Waals surface area (Å²) >= 11 is 18.4. The van der Waals surface area contributed by atoms with E-state index in [1.54, 1.807) is 6.07 Å². The summed E-state index contributed by atoms with van der Waals surface area (Å²) < 4.78 is 5.59. The number of anilines is 1. The third-order valence-corrected chi connectivity index (χ3v) is 6.80. The molecule has 1 fully saturated rings. The molecular formula is C25H26Cl2N2OS. The molecule has 0 amide bonds. The van der Waals surface area contributed by atoms with E-state index in [1.165, 1.54) is 28.0 Å². The van der Waals surface area contributed by atoms with E-state index in [-0.39, 0.29) is 0 Å². The van der Waals surface area contributed by atoms with Crippen molar-refractivity contribution in [3.63, 3.8) is 0 Å². The standard InChI is InChI=1S/C25H26Cl2N2OS/c1-16-3-7-21(13-17(16)2)28-25(31)22-8-5-19(24(22)29-9-11-30-12-10-29)14-18-4-6-20(26)15-23(18)27/h3-4,6-7,13-15H,5,8-12H2,1-2H3,(H,28,31)/b19-14+. The Bertz CT molecular complexity index is 1070. The summed E-state index contributed by atoms with van der Waals surface area (Å²) in [6, 6.07) is 12.0. The van der Waals surface area contributed by atoms with Crippen molar-refractivity contribution in [2.24, 2.45) is 0 Å². The van der Waals surface area contributed by atoms with Crippen molar-refractivity contribution < 1.29 is 4.74 Å². The monoisotopic (exact) mass is 472 g/mol. The molecule has 162 valence electrons. The molecule has 0 bridgehead atoms. The van der Waals surface area contributed by atoms with Crippen molar-refractivity contribution in [3.8, 4) is 0 Å². The van der Waals surface area contributed by atoms with Crippen LogP contribution in [0.15, 0.2) is 53.2 Å². The van der Waals surface area contributed by atoms with Crippen LogP contribution < -0.4 is 5.32 Å². The van der Waals surface area contributed by atoms with E-state index >= 15 is 0 Å². The highest BCUT2D eigenvalue weighted by Crippen LogP contribution is 2.38. The number of aryl methyl sites for hydroxylation is 2. The Morgan fingerprint density at radius 2 is 1.81 bits per heavy atom. The molecule has 31 heavy (non-hydrogen) atoms. The Morgan fingerprint density at radius 1 is 1.03 bits per heavy atom. The van der Waals surface area contributed by atoms with Gasteiger partial charge in [0.05, 0.1) is 13.2 Å². The van der Waals surface area contributed by atoms with Crippen molar-refractivity contribution in [1.29, 1.82) is 0 Å². The van der Waals surface area contributed by atoms with E-state index < -0.39 is 0 Å². The summed E-state index contributed by atoms with van der Waals surface area (Å²) in [5.41, 5.74) is 8.18. The van der Waals surface area contributed by atoms with Crippen LogP contribution in [0.4, 0.5) is 5.69 Å². The minimum absolute atomic E-state index is 0.641. The van der Waals surface area contributed by atoms with Crippen molar-refractivity contribution in [2.75, 3.05) is 31.6 Å². The summed E-state index contributed by atoms with van der Waals surface area (Å²) in [4.78, 5) is 3.19. The predicted octanol–water partition coefficient (Wildman–Crippen LogP) is 6.81. The zero-order valence-electron chi connectivity index (χ0n) is 17.8. The van der Waals surface area contributed by atoms with Gasteiger partial charge in [0.25, 0.3) is 0 Å². The minimum Gasteiger partial charge on any atom is -0.378 e. The second-order valence-corrected chi connectivity index (χ2v) is 9.27. The van der Waals surface area contributed by atoms with Gasteiger partial charge in [0.1, 0.15) is 4.99 Å². The van der Waals surface area contributed by atoms with Crippen LogP contribution in [0.1, 0.15) is 29.5 Å². The average Bonchev–Trinajstić information content (AvgIpc) is 3.17. The van der Waals surface area contributed by atoms with Gasteiger partial charge in [0, 0.05) is 40.1 Å². The fourth-order valence-corrected chi connectivity index (χ4v) is 4.84. The number of allylic oxidation sites excluding steroid dienone is 1. The highest BCUT2D eigenvalue weighted by Gasteiger charge is 2.28. The smallest absolute Gasteiger partial charge is 0.108 e. The molecule has 1 aliphatic heterocycles. The number of hydrogen-bond acceptors (Lipinski definition) is 3. The number of nitrogens with zero attached hydrogens (tertiary/aromatic N) is 1. The van der Waals surface area contributed by atoms with Gasteiger partial charge < -0.3 is 15.0 Å². The van der Waals surface area contributed by atoms with E-state index in [1.807, 2.05) is 12.1 Å². The predicted molar refractivity (Wildman–Crippen MR) is 135 cm³/mol. The van der Waals surface area contributed by atoms with Crippen LogP contribution >= 0.6 is 35.4 Å². The molecule has 4 rings (SSSR count). The first-order valence-electron chi connectivity index (χ1n) is 10.5. The summed E-state index contributed by atoms with van der Waals surface area (Å²) in [6.07, 6.45) is 4.01. The Balaban J connectivity index is 1.69. The number of ether oxygens (including phenoxy) is 1. The summed E-state index contributed by atoms with van der Waals surface area (Å²) in [7, 11) is 0. The normalized spacial score (nSPS) is 18.1. The van der Waals surface area contributed by atoms with Gasteiger partial charge in [-0.1, -0.05) is 47.6 Å². The molecule has 2 aromatic rings. The zero-order valence-corrected chi connectivity index (χ0v) is 20.1. The summed E-state index contributed by atoms with van der Waals surface area (Å²) in [6.45, 7) is 7.40. The molecule has 2 aliphatic rings. The SMILES string of the molecule is Cc1ccc(NC(=S)C2=C(N3CCOCC3)/C(=C/c3ccc(Cl)cc3Cl)CC2)cc1C. The van der Waals surface area contributed by atoms with Crippen molar-refractivity contribution in [3.05, 3.63) is 80.0 Å². The molecule has 0 spiro atoms. The molecule has 1 N–H and O–H groups in total. The van der Waals surface area contributed by atoms with Crippen LogP contribution in [0, 0.1) is 13.8 Å². The third-order valence-electron chi connectivity index (χ3n) is 5.89. The average molecular weight is 473 g/mol. The van der Waals surface area contributed by atoms with Gasteiger partial charge in [-0.15, -0.1) is 0 Å². The van der Waals surface area contributed by atoms with Crippen LogP contribution in [0.25, 0.3) is 6.08 Å². The maximum absolute atomic E-state index is 6.46. The van der Waals surface area contributed by atoms with Gasteiger partial charge >= 0.3 is 0 Å². The van der Waals surface area contributed by atoms with E-state index in [0.29, 0.717) is 10.0 Å². The fraction of sp³-hybridized carbons (Fsp3) is 0.320. The summed E-state index contributed by atoms with van der Waals surface area (Å²) in [5.74, 6) is 0. The molecular weight excluding hydrogens is 447 g/mol. The third kappa shape index (κ3) is 5.15. The molecule has 6 heteroatoms. The first-order valence-corrected chi connectivity index (χ1v) is 11.7. The molecule has 0 aromatic heterocycles. The van der Waals surface area contributed by atoms with Gasteiger partial charge in [-0.3, -0.25) is 0 Å². The molecule has 3 nitrogen and oxygen atoms in total. The number of thiocarbonyl (C=S) groups is 1. The van der Waals surface area contributed by atoms with Crippen LogP contribution in [-0.4, -0.2) is 36.2 Å². The lowest BCUT2D eigenvalue weighted by atomic mass is 10.1. The van der Waals surface area contributed by atoms with Gasteiger partial charge in [-0.05, 0) is 79.3 Å². The van der Waals surface area contributed by atoms with Crippen molar-refractivity contribution in [2.45, 2.75) is 26.7 Å². The molecule has 1 saturated heterocycles. The second kappa shape index (κ2) is 9.74. The van der Waals surface area contributed by atoms with Crippen LogP contribution in [0.2, 0.25) is 10.0 Å². The first-order chi connectivity index (χ1) is 14.9. The molecule has 1 heterocycles. The zero-order chi connectivity index (χ0) is 22.0. The molecule has 1 aliphatic carbocycles. The Hall–Kier alpha value is -1.85. The van der Waals surface area contributed by atoms with Crippen LogP contribution in [-0.2, 0) is 4.74 Å². The lowest BCUT2D eigenvalue weighted by Crippen LogP contribution is -2.36. The van der Waals surface area contributed by atoms with Crippen molar-refractivity contribution >= 4 is 52.2 Å². The van der Waals surface area contributed by atoms with Gasteiger partial charge in [-0.2, -0.15) is 0 Å². The Kier molecular flexibility index (Phi) is 7.02. The van der Waals surface area contributed by atoms with Gasteiger partial charge in [0.15, 0.2) is 0 Å². The van der Waals surface area contributed by atoms with Crippen LogP contribution in [0.3, 0.4) is 0 Å². The quantitative estimate of drug-likeness (QED) is 0.493. The first kappa shape index (κ1) is 22.3. The maximum Gasteiger partial charge on any atom is 0.108 e. The molecule has 0 unspecified atom stereocenters. The highest BCUT2D eigenvalue weighted by atomic mass is 35.5. The van der Waals surface area contributed by atoms with E-state index in [4.69, 9.17) is 40.2 Å². The number of benzene rings is 2. The number of rotatable bonds is 4. The molecule has 2 aromatic carbocycles. The van der Waals surface area contributed by atoms with Crippen molar-refractivity contribution in [1.82, 2.24) is 4.90 Å². The van der Waals surface area contributed by atoms with E-state index in [0.717, 1.165) is 55.4 Å². The largest absolute Gasteiger partial charge is 0.378 e. The number of morpholine rings is 1. The lowest BCUT2D eigenvalue weighted by molar-refractivity contribution is 0.0548. The summed E-state index contributed by atoms with van der Waals surface area (Å²) in [5, 5.41) is 4.77. The van der Waals surface area contributed by atoms with E-state index in [2.05, 4.69) is 48.3 Å². The number of nitrogens with one attached hydrogen (secondary N) is 1. The number of halogens is 2. The topological polar surface area (TPSA) is 24.5 Å². The maximum atomic E-state index is 6.46. The van der Waals surface area contributed by atoms with Crippen LogP contribution in [0.5, 0.6) is 0 Å². The fourth-order valence-electron chi connectivity index (χ4n) is 4.06. The minimum atomic E-state index is 0.641. The van der Waals surface area contributed by atoms with Gasteiger partial charge in [-0.25, -0.2) is 0 Å². The lowest BCUT2D eigenvalue weighted by Gasteiger charge is -2.32. The Morgan fingerprint density at radius 3 is 2.52 bits per heavy atom. The van der Waals surface area contributed by atoms with E-state index in [9.17, 15) is 0 Å². The van der Waals surface area contributed by atoms with Gasteiger partial charge in [0.2, 0.25) is 0 Å². The molecule has 0 saturated carbocycles.